The molecule has 1 aliphatic carbocycles. The van der Waals surface area contributed by atoms with Gasteiger partial charge in [0.2, 0.25) is 0 Å². The first-order chi connectivity index (χ1) is 15.3. The van der Waals surface area contributed by atoms with E-state index in [1.165, 1.54) is 15.5 Å². The standard InChI is InChI=1S/C25H33N3O4/c1-27(2)23(31)21-14-28(17-25(32)10-11-26-16-24(25)8-3-4-9-24)22(30)13-20(21)19-7-5-6-18(12-19)15-29/h5-7,12-14,26,29,32H,3-4,8-11,15-17H2,1-2H3. The van der Waals surface area contributed by atoms with Gasteiger partial charge in [-0.3, -0.25) is 9.59 Å². The van der Waals surface area contributed by atoms with E-state index >= 15 is 0 Å². The van der Waals surface area contributed by atoms with Crippen LogP contribution in [0, 0.1) is 5.41 Å². The number of hydrogen-bond acceptors (Lipinski definition) is 5. The smallest absolute Gasteiger partial charge is 0.255 e. The Morgan fingerprint density at radius 1 is 1.19 bits per heavy atom. The summed E-state index contributed by atoms with van der Waals surface area (Å²) in [6.07, 6.45) is 6.25. The first-order valence-electron chi connectivity index (χ1n) is 11.4. The average molecular weight is 440 g/mol. The van der Waals surface area contributed by atoms with Crippen molar-refractivity contribution >= 4 is 5.91 Å². The molecule has 2 fully saturated rings. The second-order valence-corrected chi connectivity index (χ2v) is 9.57. The van der Waals surface area contributed by atoms with Crippen molar-refractivity contribution in [2.45, 2.75) is 50.9 Å². The predicted molar refractivity (Wildman–Crippen MR) is 123 cm³/mol. The quantitative estimate of drug-likeness (QED) is 0.662. The molecule has 1 aromatic heterocycles. The van der Waals surface area contributed by atoms with Crippen LogP contribution in [0.3, 0.4) is 0 Å². The van der Waals surface area contributed by atoms with Crippen LogP contribution in [0.5, 0.6) is 0 Å². The predicted octanol–water partition coefficient (Wildman–Crippen LogP) is 1.99. The number of hydrogen-bond donors (Lipinski definition) is 3. The highest BCUT2D eigenvalue weighted by molar-refractivity contribution is 6.00. The lowest BCUT2D eigenvalue weighted by Crippen LogP contribution is -2.60. The topological polar surface area (TPSA) is 94.8 Å². The van der Waals surface area contributed by atoms with Crippen LogP contribution in [0.2, 0.25) is 0 Å². The van der Waals surface area contributed by atoms with E-state index in [4.69, 9.17) is 0 Å². The van der Waals surface area contributed by atoms with Crippen molar-refractivity contribution in [3.8, 4) is 11.1 Å². The van der Waals surface area contributed by atoms with Crippen molar-refractivity contribution in [3.05, 3.63) is 58.0 Å². The van der Waals surface area contributed by atoms with Crippen molar-refractivity contribution in [1.82, 2.24) is 14.8 Å². The molecule has 3 N–H and O–H groups in total. The number of carbonyl (C=O) groups excluding carboxylic acids is 1. The molecule has 1 saturated heterocycles. The monoisotopic (exact) mass is 439 g/mol. The van der Waals surface area contributed by atoms with Gasteiger partial charge in [0.15, 0.2) is 0 Å². The Balaban J connectivity index is 1.79. The zero-order valence-corrected chi connectivity index (χ0v) is 18.9. The normalized spacial score (nSPS) is 22.2. The SMILES string of the molecule is CN(C)C(=O)c1cn(CC2(O)CCNCC23CCCC3)c(=O)cc1-c1cccc(CO)c1. The average Bonchev–Trinajstić information content (AvgIpc) is 3.27. The fourth-order valence-electron chi connectivity index (χ4n) is 5.46. The number of rotatable bonds is 5. The van der Waals surface area contributed by atoms with Crippen LogP contribution in [0.1, 0.15) is 48.0 Å². The summed E-state index contributed by atoms with van der Waals surface area (Å²) in [6, 6.07) is 8.71. The molecule has 0 radical (unpaired) electrons. The molecule has 1 aromatic carbocycles. The van der Waals surface area contributed by atoms with E-state index in [2.05, 4.69) is 5.32 Å². The molecule has 7 heteroatoms. The van der Waals surface area contributed by atoms with Crippen LogP contribution in [-0.2, 0) is 13.2 Å². The Hall–Kier alpha value is -2.48. The Bertz CT molecular complexity index is 1060. The lowest BCUT2D eigenvalue weighted by atomic mass is 9.66. The first kappa shape index (κ1) is 22.7. The minimum Gasteiger partial charge on any atom is -0.392 e. The molecule has 2 heterocycles. The van der Waals surface area contributed by atoms with Crippen LogP contribution < -0.4 is 10.9 Å². The van der Waals surface area contributed by atoms with Crippen molar-refractivity contribution in [3.63, 3.8) is 0 Å². The third kappa shape index (κ3) is 4.00. The lowest BCUT2D eigenvalue weighted by molar-refractivity contribution is -0.115. The van der Waals surface area contributed by atoms with Crippen molar-refractivity contribution < 1.29 is 15.0 Å². The van der Waals surface area contributed by atoms with Crippen LogP contribution in [-0.4, -0.2) is 58.4 Å². The Morgan fingerprint density at radius 3 is 2.62 bits per heavy atom. The van der Waals surface area contributed by atoms with Gasteiger partial charge in [-0.2, -0.15) is 0 Å². The molecule has 1 saturated carbocycles. The van der Waals surface area contributed by atoms with Crippen LogP contribution in [0.15, 0.2) is 41.3 Å². The van der Waals surface area contributed by atoms with Crippen LogP contribution in [0.25, 0.3) is 11.1 Å². The Labute approximate surface area is 188 Å². The van der Waals surface area contributed by atoms with Gasteiger partial charge in [0, 0.05) is 43.9 Å². The molecule has 0 bridgehead atoms. The summed E-state index contributed by atoms with van der Waals surface area (Å²) in [6.45, 7) is 1.53. The first-order valence-corrected chi connectivity index (χ1v) is 11.4. The second kappa shape index (κ2) is 8.81. The molecule has 1 amide bonds. The second-order valence-electron chi connectivity index (χ2n) is 9.57. The summed E-state index contributed by atoms with van der Waals surface area (Å²) in [4.78, 5) is 27.7. The number of pyridine rings is 1. The molecule has 2 aromatic rings. The summed E-state index contributed by atoms with van der Waals surface area (Å²) >= 11 is 0. The fraction of sp³-hybridized carbons (Fsp3) is 0.520. The van der Waals surface area contributed by atoms with Gasteiger partial charge >= 0.3 is 0 Å². The Kier molecular flexibility index (Phi) is 6.25. The minimum absolute atomic E-state index is 0.120. The highest BCUT2D eigenvalue weighted by Crippen LogP contribution is 2.49. The van der Waals surface area contributed by atoms with Gasteiger partial charge in [-0.25, -0.2) is 0 Å². The number of aromatic nitrogens is 1. The van der Waals surface area contributed by atoms with Gasteiger partial charge in [-0.05, 0) is 43.0 Å². The number of carbonyl (C=O) groups is 1. The van der Waals surface area contributed by atoms with Gasteiger partial charge in [0.1, 0.15) is 0 Å². The van der Waals surface area contributed by atoms with E-state index in [0.29, 0.717) is 35.2 Å². The molecule has 7 nitrogen and oxygen atoms in total. The number of piperidine rings is 1. The molecule has 1 unspecified atom stereocenters. The van der Waals surface area contributed by atoms with Gasteiger partial charge < -0.3 is 25.0 Å². The van der Waals surface area contributed by atoms with E-state index in [1.807, 2.05) is 6.07 Å². The minimum atomic E-state index is -0.991. The van der Waals surface area contributed by atoms with Crippen molar-refractivity contribution in [2.24, 2.45) is 5.41 Å². The van der Waals surface area contributed by atoms with E-state index in [1.54, 1.807) is 38.5 Å². The highest BCUT2D eigenvalue weighted by Gasteiger charge is 2.53. The maximum atomic E-state index is 13.2. The third-order valence-corrected chi connectivity index (χ3v) is 7.34. The summed E-state index contributed by atoms with van der Waals surface area (Å²) < 4.78 is 1.52. The number of nitrogens with zero attached hydrogens (tertiary/aromatic N) is 2. The molecule has 32 heavy (non-hydrogen) atoms. The maximum absolute atomic E-state index is 13.2. The van der Waals surface area contributed by atoms with E-state index < -0.39 is 5.60 Å². The molecule has 1 atom stereocenters. The fourth-order valence-corrected chi connectivity index (χ4v) is 5.46. The van der Waals surface area contributed by atoms with E-state index in [9.17, 15) is 19.8 Å². The number of aliphatic hydroxyl groups is 2. The van der Waals surface area contributed by atoms with Gasteiger partial charge in [-0.1, -0.05) is 31.0 Å². The molecule has 2 aliphatic rings. The molecule has 172 valence electrons. The van der Waals surface area contributed by atoms with Gasteiger partial charge in [-0.15, -0.1) is 0 Å². The van der Waals surface area contributed by atoms with Crippen LogP contribution >= 0.6 is 0 Å². The summed E-state index contributed by atoms with van der Waals surface area (Å²) in [5, 5.41) is 24.7. The number of aliphatic hydroxyl groups excluding tert-OH is 1. The van der Waals surface area contributed by atoms with E-state index in [0.717, 1.165) is 32.2 Å². The van der Waals surface area contributed by atoms with Crippen molar-refractivity contribution in [2.75, 3.05) is 27.2 Å². The lowest BCUT2D eigenvalue weighted by Gasteiger charge is -2.49. The zero-order valence-electron chi connectivity index (χ0n) is 18.9. The third-order valence-electron chi connectivity index (χ3n) is 7.34. The number of amides is 1. The summed E-state index contributed by atoms with van der Waals surface area (Å²) in [5.41, 5.74) is 0.890. The summed E-state index contributed by atoms with van der Waals surface area (Å²) in [5.74, 6) is -0.212. The molecule has 1 aliphatic heterocycles. The maximum Gasteiger partial charge on any atom is 0.255 e. The molecule has 1 spiro atoms. The molecular formula is C25H33N3O4. The van der Waals surface area contributed by atoms with Crippen LogP contribution in [0.4, 0.5) is 0 Å². The zero-order chi connectivity index (χ0) is 22.9. The highest BCUT2D eigenvalue weighted by atomic mass is 16.3. The number of nitrogens with one attached hydrogen (secondary N) is 1. The van der Waals surface area contributed by atoms with Gasteiger partial charge in [0.05, 0.1) is 24.3 Å². The van der Waals surface area contributed by atoms with Crippen molar-refractivity contribution in [1.29, 1.82) is 0 Å². The molecule has 4 rings (SSSR count). The molecular weight excluding hydrogens is 406 g/mol. The Morgan fingerprint density at radius 2 is 1.94 bits per heavy atom. The number of benzene rings is 1. The van der Waals surface area contributed by atoms with E-state index in [-0.39, 0.29) is 30.0 Å². The summed E-state index contributed by atoms with van der Waals surface area (Å²) in [7, 11) is 3.36. The largest absolute Gasteiger partial charge is 0.392 e. The van der Waals surface area contributed by atoms with Gasteiger partial charge in [0.25, 0.3) is 11.5 Å².